The van der Waals surface area contributed by atoms with Gasteiger partial charge in [-0.3, -0.25) is 0 Å². The van der Waals surface area contributed by atoms with E-state index in [1.807, 2.05) is 0 Å². The first-order chi connectivity index (χ1) is 10.9. The van der Waals surface area contributed by atoms with E-state index in [0.29, 0.717) is 5.57 Å². The number of hydrogen-bond acceptors (Lipinski definition) is 7. The molecule has 0 aliphatic rings. The zero-order valence-electron chi connectivity index (χ0n) is 13.6. The van der Waals surface area contributed by atoms with Crippen molar-refractivity contribution in [1.82, 2.24) is 4.90 Å². The van der Waals surface area contributed by atoms with Crippen molar-refractivity contribution in [1.29, 1.82) is 10.5 Å². The normalized spacial score (nSPS) is 10.9. The summed E-state index contributed by atoms with van der Waals surface area (Å²) in [4.78, 5) is 25.0. The molecule has 7 nitrogen and oxygen atoms in total. The van der Waals surface area contributed by atoms with Crippen LogP contribution >= 0.6 is 0 Å². The first kappa shape index (κ1) is 19.9. The van der Waals surface area contributed by atoms with Gasteiger partial charge in [-0.05, 0) is 31.6 Å². The Morgan fingerprint density at radius 3 is 1.61 bits per heavy atom. The molecule has 23 heavy (non-hydrogen) atoms. The second-order valence-corrected chi connectivity index (χ2v) is 4.37. The first-order valence-electron chi connectivity index (χ1n) is 6.85. The number of hydrogen-bond donors (Lipinski definition) is 0. The minimum absolute atomic E-state index is 0.132. The molecule has 0 aromatic rings. The van der Waals surface area contributed by atoms with Crippen LogP contribution in [0.25, 0.3) is 0 Å². The monoisotopic (exact) mass is 317 g/mol. The highest BCUT2D eigenvalue weighted by Crippen LogP contribution is 2.11. The van der Waals surface area contributed by atoms with Crippen molar-refractivity contribution >= 4 is 11.9 Å². The largest absolute Gasteiger partial charge is 0.462 e. The average molecular weight is 317 g/mol. The summed E-state index contributed by atoms with van der Waals surface area (Å²) in [5.74, 6) is -1.55. The Hall–Kier alpha value is -3.06. The van der Waals surface area contributed by atoms with Crippen LogP contribution in [0.2, 0.25) is 0 Å². The second-order valence-electron chi connectivity index (χ2n) is 4.37. The quantitative estimate of drug-likeness (QED) is 0.303. The first-order valence-corrected chi connectivity index (χ1v) is 6.85. The number of ether oxygens (including phenoxy) is 2. The fraction of sp³-hybridized carbons (Fsp3) is 0.375. The highest BCUT2D eigenvalue weighted by molar-refractivity contribution is 5.95. The van der Waals surface area contributed by atoms with Gasteiger partial charge >= 0.3 is 11.9 Å². The maximum atomic E-state index is 11.7. The van der Waals surface area contributed by atoms with Gasteiger partial charge in [0, 0.05) is 20.3 Å². The van der Waals surface area contributed by atoms with Gasteiger partial charge in [0.05, 0.1) is 13.2 Å². The highest BCUT2D eigenvalue weighted by Gasteiger charge is 2.13. The van der Waals surface area contributed by atoms with Gasteiger partial charge in [0.15, 0.2) is 0 Å². The van der Waals surface area contributed by atoms with Gasteiger partial charge < -0.3 is 14.4 Å². The average Bonchev–Trinajstić information content (AvgIpc) is 2.49. The molecule has 0 atom stereocenters. The molecule has 0 fully saturated rings. The maximum Gasteiger partial charge on any atom is 0.348 e. The van der Waals surface area contributed by atoms with Crippen LogP contribution < -0.4 is 0 Å². The molecule has 0 aromatic heterocycles. The van der Waals surface area contributed by atoms with Crippen molar-refractivity contribution in [2.45, 2.75) is 13.8 Å². The second kappa shape index (κ2) is 10.6. The van der Waals surface area contributed by atoms with Crippen molar-refractivity contribution < 1.29 is 19.1 Å². The van der Waals surface area contributed by atoms with Crippen LogP contribution in [-0.2, 0) is 19.1 Å². The van der Waals surface area contributed by atoms with Crippen LogP contribution in [0.5, 0.6) is 0 Å². The molecule has 0 spiro atoms. The molecule has 0 aliphatic carbocycles. The van der Waals surface area contributed by atoms with E-state index in [9.17, 15) is 9.59 Å². The molecule has 0 bridgehead atoms. The molecule has 0 saturated heterocycles. The van der Waals surface area contributed by atoms with Gasteiger partial charge in [0.1, 0.15) is 23.3 Å². The van der Waals surface area contributed by atoms with E-state index in [2.05, 4.69) is 0 Å². The lowest BCUT2D eigenvalue weighted by Crippen LogP contribution is -2.09. The van der Waals surface area contributed by atoms with Gasteiger partial charge in [-0.2, -0.15) is 10.5 Å². The third-order valence-corrected chi connectivity index (χ3v) is 2.26. The Kier molecular flexibility index (Phi) is 9.22. The third kappa shape index (κ3) is 7.49. The molecule has 7 heteroatoms. The lowest BCUT2D eigenvalue weighted by Gasteiger charge is -2.07. The number of rotatable bonds is 7. The van der Waals surface area contributed by atoms with Gasteiger partial charge in [-0.1, -0.05) is 0 Å². The molecule has 0 unspecified atom stereocenters. The minimum Gasteiger partial charge on any atom is -0.462 e. The lowest BCUT2D eigenvalue weighted by atomic mass is 10.1. The van der Waals surface area contributed by atoms with E-state index in [-0.39, 0.29) is 24.4 Å². The lowest BCUT2D eigenvalue weighted by molar-refractivity contribution is -0.138. The predicted octanol–water partition coefficient (Wildman–Crippen LogP) is 1.46. The summed E-state index contributed by atoms with van der Waals surface area (Å²) in [6.07, 6.45) is 4.04. The summed E-state index contributed by atoms with van der Waals surface area (Å²) >= 11 is 0. The van der Waals surface area contributed by atoms with Crippen LogP contribution in [-0.4, -0.2) is 44.1 Å². The number of nitrogens with zero attached hydrogens (tertiary/aromatic N) is 3. The Morgan fingerprint density at radius 2 is 1.35 bits per heavy atom. The zero-order chi connectivity index (χ0) is 17.8. The number of esters is 2. The van der Waals surface area contributed by atoms with Crippen molar-refractivity contribution in [3.63, 3.8) is 0 Å². The number of carbonyl (C=O) groups is 2. The summed E-state index contributed by atoms with van der Waals surface area (Å²) in [6.45, 7) is 3.51. The van der Waals surface area contributed by atoms with Gasteiger partial charge in [0.2, 0.25) is 0 Å². The fourth-order valence-electron chi connectivity index (χ4n) is 1.44. The molecule has 0 N–H and O–H groups in total. The number of nitriles is 2. The van der Waals surface area contributed by atoms with E-state index in [1.54, 1.807) is 51.2 Å². The molecule has 0 radical (unpaired) electrons. The van der Waals surface area contributed by atoms with Crippen LogP contribution in [0, 0.1) is 22.7 Å². The van der Waals surface area contributed by atoms with Crippen LogP contribution in [0.4, 0.5) is 0 Å². The molecule has 0 aromatic carbocycles. The molecular formula is C16H19N3O4. The van der Waals surface area contributed by atoms with Crippen molar-refractivity contribution in [2.24, 2.45) is 0 Å². The number of carbonyl (C=O) groups excluding carboxylic acids is 2. The summed E-state index contributed by atoms with van der Waals surface area (Å²) in [6, 6.07) is 3.47. The predicted molar refractivity (Wildman–Crippen MR) is 82.4 cm³/mol. The van der Waals surface area contributed by atoms with E-state index in [0.717, 1.165) is 0 Å². The Balaban J connectivity index is 5.81. The molecule has 0 saturated carbocycles. The fourth-order valence-corrected chi connectivity index (χ4v) is 1.44. The van der Waals surface area contributed by atoms with E-state index in [4.69, 9.17) is 20.0 Å². The summed E-state index contributed by atoms with van der Waals surface area (Å²) in [5, 5.41) is 18.1. The maximum absolute atomic E-state index is 11.7. The molecule has 0 rings (SSSR count). The number of allylic oxidation sites excluding steroid dienone is 3. The summed E-state index contributed by atoms with van der Waals surface area (Å²) in [7, 11) is 3.43. The van der Waals surface area contributed by atoms with Crippen molar-refractivity contribution in [3.8, 4) is 12.1 Å². The van der Waals surface area contributed by atoms with E-state index < -0.39 is 11.9 Å². The van der Waals surface area contributed by atoms with Gasteiger partial charge in [-0.15, -0.1) is 0 Å². The molecular weight excluding hydrogens is 298 g/mol. The Labute approximate surface area is 135 Å². The van der Waals surface area contributed by atoms with Gasteiger partial charge in [-0.25, -0.2) is 9.59 Å². The smallest absolute Gasteiger partial charge is 0.348 e. The van der Waals surface area contributed by atoms with E-state index >= 15 is 0 Å². The minimum atomic E-state index is -0.775. The summed E-state index contributed by atoms with van der Waals surface area (Å²) in [5.41, 5.74) is -0.168. The highest BCUT2D eigenvalue weighted by atomic mass is 16.5. The molecule has 0 amide bonds. The summed E-state index contributed by atoms with van der Waals surface area (Å²) < 4.78 is 9.54. The van der Waals surface area contributed by atoms with E-state index in [1.165, 1.54) is 12.2 Å². The SMILES string of the molecule is CCOC(=O)/C(C#N)=C/C(=CN(C)C)/C=C(\C#N)C(=O)OCC. The Bertz CT molecular complexity index is 568. The van der Waals surface area contributed by atoms with Crippen molar-refractivity contribution in [2.75, 3.05) is 27.3 Å². The van der Waals surface area contributed by atoms with Crippen LogP contribution in [0.15, 0.2) is 35.1 Å². The third-order valence-electron chi connectivity index (χ3n) is 2.26. The molecule has 0 heterocycles. The standard InChI is InChI=1S/C16H19N3O4/c1-5-22-15(20)13(9-17)7-12(11-19(3)4)8-14(10-18)16(21)23-6-2/h7-8,11H,5-6H2,1-4H3/b13-7+,14-8+. The Morgan fingerprint density at radius 1 is 0.957 bits per heavy atom. The zero-order valence-corrected chi connectivity index (χ0v) is 13.6. The van der Waals surface area contributed by atoms with Crippen molar-refractivity contribution in [3.05, 3.63) is 35.1 Å². The topological polar surface area (TPSA) is 103 Å². The van der Waals surface area contributed by atoms with Crippen LogP contribution in [0.3, 0.4) is 0 Å². The molecule has 122 valence electrons. The van der Waals surface area contributed by atoms with Gasteiger partial charge in [0.25, 0.3) is 0 Å². The van der Waals surface area contributed by atoms with Crippen LogP contribution in [0.1, 0.15) is 13.8 Å². The molecule has 0 aliphatic heterocycles.